The highest BCUT2D eigenvalue weighted by atomic mass is 35.5. The first-order valence-electron chi connectivity index (χ1n) is 10.2. The van der Waals surface area contributed by atoms with Gasteiger partial charge in [0, 0.05) is 24.7 Å². The molecule has 2 aliphatic rings. The van der Waals surface area contributed by atoms with Crippen molar-refractivity contribution in [2.75, 3.05) is 19.6 Å². The van der Waals surface area contributed by atoms with E-state index in [4.69, 9.17) is 0 Å². The van der Waals surface area contributed by atoms with E-state index in [0.29, 0.717) is 23.2 Å². The third kappa shape index (κ3) is 4.11. The summed E-state index contributed by atoms with van der Waals surface area (Å²) in [7, 11) is 0. The van der Waals surface area contributed by atoms with Gasteiger partial charge in [-0.25, -0.2) is 0 Å². The maximum Gasteiger partial charge on any atom is 0.261 e. The lowest BCUT2D eigenvalue weighted by molar-refractivity contribution is 0.0641. The molecule has 158 valence electrons. The second kappa shape index (κ2) is 9.41. The molecule has 1 saturated heterocycles. The second-order valence-electron chi connectivity index (χ2n) is 7.59. The Labute approximate surface area is 182 Å². The lowest BCUT2D eigenvalue weighted by Gasteiger charge is -2.28. The van der Waals surface area contributed by atoms with Crippen LogP contribution in [-0.2, 0) is 6.54 Å². The van der Waals surface area contributed by atoms with Gasteiger partial charge in [0.2, 0.25) is 0 Å². The lowest BCUT2D eigenvalue weighted by Crippen LogP contribution is -2.42. The lowest BCUT2D eigenvalue weighted by atomic mass is 10.0. The number of halogens is 1. The molecule has 1 N–H and O–H groups in total. The van der Waals surface area contributed by atoms with E-state index in [-0.39, 0.29) is 42.7 Å². The van der Waals surface area contributed by atoms with Gasteiger partial charge in [-0.05, 0) is 43.1 Å². The van der Waals surface area contributed by atoms with E-state index in [1.807, 2.05) is 35.2 Å². The molecule has 7 heteroatoms. The van der Waals surface area contributed by atoms with Crippen molar-refractivity contribution in [3.8, 4) is 0 Å². The average Bonchev–Trinajstić information content (AvgIpc) is 3.36. The highest BCUT2D eigenvalue weighted by Gasteiger charge is 2.36. The van der Waals surface area contributed by atoms with Crippen molar-refractivity contribution >= 4 is 30.1 Å². The molecule has 0 radical (unpaired) electrons. The zero-order chi connectivity index (χ0) is 20.4. The summed E-state index contributed by atoms with van der Waals surface area (Å²) in [4.78, 5) is 42.0. The van der Waals surface area contributed by atoms with Gasteiger partial charge in [0.05, 0.1) is 17.7 Å². The molecule has 0 bridgehead atoms. The number of rotatable bonds is 6. The molecule has 0 aromatic heterocycles. The summed E-state index contributed by atoms with van der Waals surface area (Å²) in [5.41, 5.74) is 2.04. The number of carbonyl (C=O) groups excluding carboxylic acids is 3. The minimum absolute atomic E-state index is 0. The molecule has 4 rings (SSSR count). The monoisotopic (exact) mass is 427 g/mol. The maximum atomic E-state index is 13.2. The number of fused-ring (bicyclic) bond motifs is 1. The van der Waals surface area contributed by atoms with E-state index in [0.717, 1.165) is 31.5 Å². The highest BCUT2D eigenvalue weighted by molar-refractivity contribution is 6.22. The smallest absolute Gasteiger partial charge is 0.261 e. The fourth-order valence-electron chi connectivity index (χ4n) is 4.10. The van der Waals surface area contributed by atoms with E-state index in [2.05, 4.69) is 12.2 Å². The first-order chi connectivity index (χ1) is 14.1. The molecule has 0 saturated carbocycles. The summed E-state index contributed by atoms with van der Waals surface area (Å²) >= 11 is 0. The van der Waals surface area contributed by atoms with Gasteiger partial charge in [0.15, 0.2) is 0 Å². The summed E-state index contributed by atoms with van der Waals surface area (Å²) < 4.78 is 0. The Kier molecular flexibility index (Phi) is 6.90. The minimum atomic E-state index is -0.340. The number of amides is 3. The van der Waals surface area contributed by atoms with E-state index in [9.17, 15) is 14.4 Å². The van der Waals surface area contributed by atoms with E-state index in [1.165, 1.54) is 4.90 Å². The second-order valence-corrected chi connectivity index (χ2v) is 7.59. The Morgan fingerprint density at radius 1 is 1.10 bits per heavy atom. The van der Waals surface area contributed by atoms with Gasteiger partial charge in [0.1, 0.15) is 0 Å². The third-order valence-corrected chi connectivity index (χ3v) is 5.60. The molecule has 0 spiro atoms. The number of benzene rings is 2. The Morgan fingerprint density at radius 3 is 2.50 bits per heavy atom. The van der Waals surface area contributed by atoms with Crippen LogP contribution in [0.15, 0.2) is 48.5 Å². The predicted molar refractivity (Wildman–Crippen MR) is 117 cm³/mol. The van der Waals surface area contributed by atoms with Crippen molar-refractivity contribution in [3.63, 3.8) is 0 Å². The molecule has 2 aromatic carbocycles. The van der Waals surface area contributed by atoms with Crippen LogP contribution in [0, 0.1) is 0 Å². The van der Waals surface area contributed by atoms with E-state index in [1.54, 1.807) is 18.2 Å². The van der Waals surface area contributed by atoms with Gasteiger partial charge in [-0.15, -0.1) is 12.4 Å². The fraction of sp³-hybridized carbons (Fsp3) is 0.348. The van der Waals surface area contributed by atoms with Crippen LogP contribution in [0.25, 0.3) is 0 Å². The van der Waals surface area contributed by atoms with Crippen LogP contribution in [0.5, 0.6) is 0 Å². The molecular weight excluding hydrogens is 402 g/mol. The maximum absolute atomic E-state index is 13.2. The van der Waals surface area contributed by atoms with Crippen LogP contribution in [0.2, 0.25) is 0 Å². The Morgan fingerprint density at radius 2 is 1.83 bits per heavy atom. The quantitative estimate of drug-likeness (QED) is 0.719. The summed E-state index contributed by atoms with van der Waals surface area (Å²) in [5.74, 6) is -0.726. The normalized spacial score (nSPS) is 17.6. The first kappa shape index (κ1) is 22.0. The fourth-order valence-corrected chi connectivity index (χ4v) is 4.10. The number of carbonyl (C=O) groups is 3. The van der Waals surface area contributed by atoms with Crippen molar-refractivity contribution < 1.29 is 14.4 Å². The van der Waals surface area contributed by atoms with Gasteiger partial charge in [-0.3, -0.25) is 19.3 Å². The zero-order valence-electron chi connectivity index (χ0n) is 17.0. The molecule has 0 aliphatic carbocycles. The van der Waals surface area contributed by atoms with Crippen LogP contribution in [0.3, 0.4) is 0 Å². The van der Waals surface area contributed by atoms with Gasteiger partial charge >= 0.3 is 0 Å². The molecule has 3 amide bonds. The summed E-state index contributed by atoms with van der Waals surface area (Å²) in [5, 5.41) is 3.30. The zero-order valence-corrected chi connectivity index (χ0v) is 17.8. The van der Waals surface area contributed by atoms with Crippen LogP contribution >= 0.6 is 12.4 Å². The van der Waals surface area contributed by atoms with Gasteiger partial charge < -0.3 is 10.2 Å². The predicted octanol–water partition coefficient (Wildman–Crippen LogP) is 3.12. The van der Waals surface area contributed by atoms with Crippen LogP contribution in [-0.4, -0.2) is 53.2 Å². The number of hydrogen-bond acceptors (Lipinski definition) is 4. The molecule has 30 heavy (non-hydrogen) atoms. The molecule has 1 atom stereocenters. The van der Waals surface area contributed by atoms with Crippen molar-refractivity contribution in [2.45, 2.75) is 32.4 Å². The van der Waals surface area contributed by atoms with Crippen molar-refractivity contribution in [3.05, 3.63) is 70.8 Å². The third-order valence-electron chi connectivity index (χ3n) is 5.60. The van der Waals surface area contributed by atoms with E-state index < -0.39 is 0 Å². The minimum Gasteiger partial charge on any atom is -0.334 e. The summed E-state index contributed by atoms with van der Waals surface area (Å²) in [6, 6.07) is 14.5. The highest BCUT2D eigenvalue weighted by Crippen LogP contribution is 2.26. The largest absolute Gasteiger partial charge is 0.334 e. The Balaban J connectivity index is 0.00000256. The number of nitrogens with zero attached hydrogens (tertiary/aromatic N) is 2. The SMILES string of the molecule is CCCN(C(=O)c1ccc2c(c1)C(=O)N(Cc1ccccc1)C2=O)C1CCNC1.Cl. The number of imide groups is 1. The van der Waals surface area contributed by atoms with Crippen LogP contribution < -0.4 is 5.32 Å². The van der Waals surface area contributed by atoms with Crippen molar-refractivity contribution in [2.24, 2.45) is 0 Å². The number of hydrogen-bond donors (Lipinski definition) is 1. The van der Waals surface area contributed by atoms with Gasteiger partial charge in [-0.1, -0.05) is 37.3 Å². The molecule has 2 aromatic rings. The van der Waals surface area contributed by atoms with Crippen molar-refractivity contribution in [1.82, 2.24) is 15.1 Å². The Hall–Kier alpha value is -2.70. The Bertz CT molecular complexity index is 942. The average molecular weight is 428 g/mol. The molecule has 1 fully saturated rings. The standard InChI is InChI=1S/C23H25N3O3.ClH/c1-2-12-25(18-10-11-24-14-18)21(27)17-8-9-19-20(13-17)23(29)26(22(19)28)15-16-6-4-3-5-7-16;/h3-9,13,18,24H,2,10-12,14-15H2,1H3;1H. The number of nitrogens with one attached hydrogen (secondary N) is 1. The summed E-state index contributed by atoms with van der Waals surface area (Å²) in [6.07, 6.45) is 1.80. The van der Waals surface area contributed by atoms with Crippen LogP contribution in [0.4, 0.5) is 0 Å². The van der Waals surface area contributed by atoms with Crippen LogP contribution in [0.1, 0.15) is 56.4 Å². The van der Waals surface area contributed by atoms with E-state index >= 15 is 0 Å². The van der Waals surface area contributed by atoms with Crippen molar-refractivity contribution in [1.29, 1.82) is 0 Å². The van der Waals surface area contributed by atoms with Gasteiger partial charge in [0.25, 0.3) is 17.7 Å². The molecule has 1 unspecified atom stereocenters. The molecule has 6 nitrogen and oxygen atoms in total. The summed E-state index contributed by atoms with van der Waals surface area (Å²) in [6.45, 7) is 4.65. The molecule has 2 heterocycles. The topological polar surface area (TPSA) is 69.7 Å². The van der Waals surface area contributed by atoms with Gasteiger partial charge in [-0.2, -0.15) is 0 Å². The molecule has 2 aliphatic heterocycles. The molecular formula is C23H26ClN3O3. The first-order valence-corrected chi connectivity index (χ1v) is 10.2.